The van der Waals surface area contributed by atoms with Crippen molar-refractivity contribution in [1.82, 2.24) is 9.21 Å². The second-order valence-corrected chi connectivity index (χ2v) is 8.82. The molecule has 27 heavy (non-hydrogen) atoms. The standard InChI is InChI=1S/C14H22N2O3S.C2HF3O2/c1-11-5-6-13(19-11)9-15-7-3-4-12-8-16(10-14(12)15)20(2,17)18;3-2(4,5)1(6)7/h5-6,12,14H,3-4,7-10H2,1-2H3;(H,6,7)/t12-,14+;/m1./s1. The predicted octanol–water partition coefficient (Wildman–Crippen LogP) is 2.08. The summed E-state index contributed by atoms with van der Waals surface area (Å²) in [5.74, 6) is -0.388. The molecule has 0 aliphatic carbocycles. The first kappa shape index (κ1) is 21.7. The number of sulfonamides is 1. The van der Waals surface area contributed by atoms with Gasteiger partial charge in [-0.05, 0) is 44.4 Å². The second kappa shape index (κ2) is 8.19. The van der Waals surface area contributed by atoms with E-state index in [-0.39, 0.29) is 0 Å². The van der Waals surface area contributed by atoms with Crippen LogP contribution in [0.5, 0.6) is 0 Å². The molecule has 2 saturated heterocycles. The fraction of sp³-hybridized carbons (Fsp3) is 0.688. The normalized spacial score (nSPS) is 24.2. The Bertz CT molecular complexity index is 762. The molecule has 3 rings (SSSR count). The highest BCUT2D eigenvalue weighted by atomic mass is 32.2. The molecule has 3 heterocycles. The molecule has 0 aromatic carbocycles. The smallest absolute Gasteiger partial charge is 0.475 e. The van der Waals surface area contributed by atoms with Crippen LogP contribution in [0.15, 0.2) is 16.5 Å². The Morgan fingerprint density at radius 1 is 1.33 bits per heavy atom. The summed E-state index contributed by atoms with van der Waals surface area (Å²) in [6.07, 6.45) is -1.51. The van der Waals surface area contributed by atoms with E-state index in [0.29, 0.717) is 25.0 Å². The summed E-state index contributed by atoms with van der Waals surface area (Å²) in [5, 5.41) is 7.12. The molecule has 2 aliphatic heterocycles. The number of rotatable bonds is 3. The number of nitrogens with zero attached hydrogens (tertiary/aromatic N) is 2. The van der Waals surface area contributed by atoms with E-state index in [0.717, 1.165) is 37.5 Å². The van der Waals surface area contributed by atoms with Gasteiger partial charge in [-0.25, -0.2) is 17.5 Å². The van der Waals surface area contributed by atoms with Crippen molar-refractivity contribution >= 4 is 16.0 Å². The number of alkyl halides is 3. The molecule has 0 saturated carbocycles. The van der Waals surface area contributed by atoms with Gasteiger partial charge in [0.1, 0.15) is 11.5 Å². The third kappa shape index (κ3) is 5.94. The minimum atomic E-state index is -5.08. The minimum absolute atomic E-state index is 0.337. The van der Waals surface area contributed by atoms with E-state index in [1.165, 1.54) is 6.26 Å². The number of aliphatic carboxylic acids is 1. The SMILES string of the molecule is Cc1ccc(CN2CCC[C@@H]3CN(S(C)(=O)=O)C[C@@H]32)o1.O=C(O)C(F)(F)F. The van der Waals surface area contributed by atoms with Crippen LogP contribution in [0.1, 0.15) is 24.4 Å². The third-order valence-corrected chi connectivity index (χ3v) is 5.96. The Morgan fingerprint density at radius 2 is 1.96 bits per heavy atom. The Labute approximate surface area is 155 Å². The Balaban J connectivity index is 0.000000321. The van der Waals surface area contributed by atoms with Crippen LogP contribution >= 0.6 is 0 Å². The Morgan fingerprint density at radius 3 is 2.44 bits per heavy atom. The topological polar surface area (TPSA) is 91.1 Å². The van der Waals surface area contributed by atoms with E-state index in [9.17, 15) is 21.6 Å². The minimum Gasteiger partial charge on any atom is -0.475 e. The molecule has 1 N–H and O–H groups in total. The highest BCUT2D eigenvalue weighted by Crippen LogP contribution is 2.32. The zero-order valence-electron chi connectivity index (χ0n) is 15.1. The van der Waals surface area contributed by atoms with Crippen molar-refractivity contribution in [1.29, 1.82) is 0 Å². The summed E-state index contributed by atoms with van der Waals surface area (Å²) >= 11 is 0. The van der Waals surface area contributed by atoms with Crippen molar-refractivity contribution in [2.45, 2.75) is 38.5 Å². The third-order valence-electron chi connectivity index (χ3n) is 4.73. The lowest BCUT2D eigenvalue weighted by molar-refractivity contribution is -0.192. The lowest BCUT2D eigenvalue weighted by Crippen LogP contribution is -2.44. The highest BCUT2D eigenvalue weighted by molar-refractivity contribution is 7.88. The fourth-order valence-corrected chi connectivity index (χ4v) is 4.36. The molecule has 0 unspecified atom stereocenters. The van der Waals surface area contributed by atoms with E-state index in [2.05, 4.69) is 4.90 Å². The molecule has 0 bridgehead atoms. The highest BCUT2D eigenvalue weighted by Gasteiger charge is 2.42. The lowest BCUT2D eigenvalue weighted by atomic mass is 9.92. The average Bonchev–Trinajstić information content (AvgIpc) is 3.13. The van der Waals surface area contributed by atoms with Gasteiger partial charge in [0, 0.05) is 19.1 Å². The second-order valence-electron chi connectivity index (χ2n) is 6.84. The number of carboxylic acids is 1. The van der Waals surface area contributed by atoms with Crippen LogP contribution in [-0.4, -0.2) is 66.8 Å². The van der Waals surface area contributed by atoms with Crippen LogP contribution in [0.3, 0.4) is 0 Å². The van der Waals surface area contributed by atoms with E-state index >= 15 is 0 Å². The van der Waals surface area contributed by atoms with E-state index in [4.69, 9.17) is 14.3 Å². The summed E-state index contributed by atoms with van der Waals surface area (Å²) in [6.45, 7) is 5.06. The zero-order chi connectivity index (χ0) is 20.4. The van der Waals surface area contributed by atoms with Crippen LogP contribution in [0.4, 0.5) is 13.2 Å². The van der Waals surface area contributed by atoms with Gasteiger partial charge in [0.15, 0.2) is 0 Å². The van der Waals surface area contributed by atoms with Crippen LogP contribution in [0.2, 0.25) is 0 Å². The van der Waals surface area contributed by atoms with Gasteiger partial charge in [-0.3, -0.25) is 4.90 Å². The molecule has 0 radical (unpaired) electrons. The molecule has 1 aromatic heterocycles. The summed E-state index contributed by atoms with van der Waals surface area (Å²) in [6, 6.07) is 4.33. The van der Waals surface area contributed by atoms with Crippen LogP contribution in [0, 0.1) is 12.8 Å². The van der Waals surface area contributed by atoms with E-state index < -0.39 is 22.2 Å². The Hall–Kier alpha value is -1.59. The molecule has 2 atom stereocenters. The van der Waals surface area contributed by atoms with Crippen molar-refractivity contribution in [3.05, 3.63) is 23.7 Å². The van der Waals surface area contributed by atoms with E-state index in [1.807, 2.05) is 19.1 Å². The molecular formula is C16H23F3N2O5S. The van der Waals surface area contributed by atoms with Crippen molar-refractivity contribution in [2.75, 3.05) is 25.9 Å². The van der Waals surface area contributed by atoms with Gasteiger partial charge in [-0.15, -0.1) is 0 Å². The largest absolute Gasteiger partial charge is 0.490 e. The van der Waals surface area contributed by atoms with Crippen LogP contribution in [-0.2, 0) is 21.4 Å². The molecule has 1 aromatic rings. The predicted molar refractivity (Wildman–Crippen MR) is 90.5 cm³/mol. The van der Waals surface area contributed by atoms with Gasteiger partial charge >= 0.3 is 12.1 Å². The summed E-state index contributed by atoms with van der Waals surface area (Å²) in [5.41, 5.74) is 0. The van der Waals surface area contributed by atoms with Crippen molar-refractivity contribution in [3.63, 3.8) is 0 Å². The molecule has 0 amide bonds. The Kier molecular flexibility index (Phi) is 6.59. The fourth-order valence-electron chi connectivity index (χ4n) is 3.47. The van der Waals surface area contributed by atoms with Gasteiger partial charge < -0.3 is 9.52 Å². The number of hydrogen-bond donors (Lipinski definition) is 1. The molecule has 7 nitrogen and oxygen atoms in total. The maximum absolute atomic E-state index is 11.7. The van der Waals surface area contributed by atoms with Gasteiger partial charge in [0.25, 0.3) is 0 Å². The molecule has 11 heteroatoms. The van der Waals surface area contributed by atoms with Gasteiger partial charge in [-0.1, -0.05) is 0 Å². The number of furan rings is 1. The van der Waals surface area contributed by atoms with Crippen molar-refractivity contribution in [3.8, 4) is 0 Å². The number of fused-ring (bicyclic) bond motifs is 1. The van der Waals surface area contributed by atoms with Gasteiger partial charge in [0.2, 0.25) is 10.0 Å². The average molecular weight is 412 g/mol. The first-order valence-electron chi connectivity index (χ1n) is 8.42. The monoisotopic (exact) mass is 412 g/mol. The molecular weight excluding hydrogens is 389 g/mol. The maximum atomic E-state index is 11.7. The summed E-state index contributed by atoms with van der Waals surface area (Å²) in [4.78, 5) is 11.3. The number of halogens is 3. The van der Waals surface area contributed by atoms with Gasteiger partial charge in [0.05, 0.1) is 12.8 Å². The first-order valence-corrected chi connectivity index (χ1v) is 10.3. The maximum Gasteiger partial charge on any atom is 0.490 e. The van der Waals surface area contributed by atoms with Crippen LogP contribution < -0.4 is 0 Å². The number of hydrogen-bond acceptors (Lipinski definition) is 5. The zero-order valence-corrected chi connectivity index (χ0v) is 15.9. The van der Waals surface area contributed by atoms with Crippen molar-refractivity contribution < 1.29 is 35.9 Å². The summed E-state index contributed by atoms with van der Waals surface area (Å²) < 4.78 is 62.5. The number of piperidine rings is 1. The van der Waals surface area contributed by atoms with Gasteiger partial charge in [-0.2, -0.15) is 13.2 Å². The molecule has 2 fully saturated rings. The quantitative estimate of drug-likeness (QED) is 0.818. The lowest BCUT2D eigenvalue weighted by Gasteiger charge is -2.36. The molecule has 2 aliphatic rings. The number of likely N-dealkylation sites (tertiary alicyclic amines) is 1. The first-order chi connectivity index (χ1) is 12.4. The molecule has 154 valence electrons. The molecule has 0 spiro atoms. The van der Waals surface area contributed by atoms with Crippen LogP contribution in [0.25, 0.3) is 0 Å². The summed E-state index contributed by atoms with van der Waals surface area (Å²) in [7, 11) is -3.07. The number of carboxylic acid groups (broad SMARTS) is 1. The number of aryl methyl sites for hydroxylation is 1. The number of carbonyl (C=O) groups is 1. The van der Waals surface area contributed by atoms with E-state index in [1.54, 1.807) is 4.31 Å². The van der Waals surface area contributed by atoms with Crippen molar-refractivity contribution in [2.24, 2.45) is 5.92 Å².